The van der Waals surface area contributed by atoms with Crippen molar-refractivity contribution >= 4 is 12.4 Å². The Labute approximate surface area is 155 Å². The van der Waals surface area contributed by atoms with Crippen LogP contribution in [0.4, 0.5) is 0 Å². The fourth-order valence-corrected chi connectivity index (χ4v) is 3.24. The lowest BCUT2D eigenvalue weighted by Crippen LogP contribution is -2.39. The van der Waals surface area contributed by atoms with E-state index in [2.05, 4.69) is 11.4 Å². The molecule has 0 saturated heterocycles. The summed E-state index contributed by atoms with van der Waals surface area (Å²) in [7, 11) is 0. The highest BCUT2D eigenvalue weighted by molar-refractivity contribution is 5.85. The Bertz CT molecular complexity index is 651. The Morgan fingerprint density at radius 1 is 1.12 bits per heavy atom. The van der Waals surface area contributed by atoms with Gasteiger partial charge in [0.25, 0.3) is 0 Å². The minimum atomic E-state index is -0.544. The van der Waals surface area contributed by atoms with Crippen molar-refractivity contribution in [2.45, 2.75) is 37.8 Å². The highest BCUT2D eigenvalue weighted by Gasteiger charge is 2.19. The molecule has 0 fully saturated rings. The van der Waals surface area contributed by atoms with Crippen molar-refractivity contribution in [3.05, 3.63) is 59.7 Å². The summed E-state index contributed by atoms with van der Waals surface area (Å²) in [6, 6.07) is 15.6. The fourth-order valence-electron chi connectivity index (χ4n) is 3.24. The number of aliphatic hydroxyl groups excluding tert-OH is 1. The molecule has 1 aliphatic carbocycles. The molecule has 4 nitrogen and oxygen atoms in total. The summed E-state index contributed by atoms with van der Waals surface area (Å²) in [5.41, 5.74) is 2.29. The van der Waals surface area contributed by atoms with Gasteiger partial charge in [-0.1, -0.05) is 30.3 Å². The van der Waals surface area contributed by atoms with Crippen molar-refractivity contribution in [1.29, 1.82) is 0 Å². The van der Waals surface area contributed by atoms with E-state index in [4.69, 9.17) is 4.74 Å². The molecule has 2 aromatic rings. The van der Waals surface area contributed by atoms with E-state index in [0.29, 0.717) is 18.3 Å². The van der Waals surface area contributed by atoms with Gasteiger partial charge in [-0.25, -0.2) is 0 Å². The highest BCUT2D eigenvalue weighted by Crippen LogP contribution is 2.27. The Morgan fingerprint density at radius 2 is 1.92 bits per heavy atom. The van der Waals surface area contributed by atoms with Crippen molar-refractivity contribution in [1.82, 2.24) is 5.32 Å². The second-order valence-electron chi connectivity index (χ2n) is 6.39. The summed E-state index contributed by atoms with van der Waals surface area (Å²) in [6.45, 7) is 0.784. The molecule has 1 aliphatic rings. The maximum Gasteiger partial charge on any atom is 0.119 e. The molecule has 0 amide bonds. The van der Waals surface area contributed by atoms with E-state index in [9.17, 15) is 10.2 Å². The number of hydrogen-bond donors (Lipinski definition) is 3. The summed E-state index contributed by atoms with van der Waals surface area (Å²) in [4.78, 5) is 0. The normalized spacial score (nSPS) is 17.7. The minimum absolute atomic E-state index is 0. The zero-order valence-electron chi connectivity index (χ0n) is 14.2. The molecule has 0 saturated carbocycles. The lowest BCUT2D eigenvalue weighted by molar-refractivity contribution is 0.103. The molecule has 25 heavy (non-hydrogen) atoms. The number of para-hydroxylation sites is 1. The largest absolute Gasteiger partial charge is 0.508 e. The second kappa shape index (κ2) is 9.66. The number of ether oxygens (including phenoxy) is 1. The Kier molecular flexibility index (Phi) is 7.56. The van der Waals surface area contributed by atoms with Crippen LogP contribution >= 0.6 is 12.4 Å². The first kappa shape index (κ1) is 19.6. The van der Waals surface area contributed by atoms with Crippen molar-refractivity contribution in [2.75, 3.05) is 13.2 Å². The van der Waals surface area contributed by atoms with Gasteiger partial charge in [0, 0.05) is 12.6 Å². The van der Waals surface area contributed by atoms with E-state index in [1.165, 1.54) is 5.56 Å². The minimum Gasteiger partial charge on any atom is -0.508 e. The lowest BCUT2D eigenvalue weighted by atomic mass is 10.0. The molecule has 2 atom stereocenters. The van der Waals surface area contributed by atoms with Crippen molar-refractivity contribution in [2.24, 2.45) is 0 Å². The van der Waals surface area contributed by atoms with Crippen LogP contribution in [0.1, 0.15) is 24.0 Å². The average Bonchev–Trinajstić information content (AvgIpc) is 2.82. The van der Waals surface area contributed by atoms with Gasteiger partial charge in [0.1, 0.15) is 24.2 Å². The maximum absolute atomic E-state index is 10.1. The van der Waals surface area contributed by atoms with Crippen LogP contribution in [0, 0.1) is 0 Å². The molecular weight excluding hydrogens is 338 g/mol. The van der Waals surface area contributed by atoms with E-state index in [1.807, 2.05) is 36.4 Å². The zero-order valence-corrected chi connectivity index (χ0v) is 15.0. The van der Waals surface area contributed by atoms with Gasteiger partial charge in [0.15, 0.2) is 0 Å². The van der Waals surface area contributed by atoms with Crippen LogP contribution in [0.3, 0.4) is 0 Å². The number of phenolic OH excluding ortho intramolecular Hbond substituents is 1. The molecule has 0 radical (unpaired) electrons. The molecule has 0 spiro atoms. The first-order valence-corrected chi connectivity index (χ1v) is 8.61. The number of halogens is 1. The number of benzene rings is 2. The van der Waals surface area contributed by atoms with Crippen LogP contribution in [0.15, 0.2) is 48.5 Å². The molecule has 3 N–H and O–H groups in total. The van der Waals surface area contributed by atoms with E-state index in [0.717, 1.165) is 37.0 Å². The fraction of sp³-hybridized carbons (Fsp3) is 0.400. The Hall–Kier alpha value is -1.75. The third-order valence-corrected chi connectivity index (χ3v) is 4.52. The number of phenols is 1. The molecule has 0 aliphatic heterocycles. The number of hydrogen-bond acceptors (Lipinski definition) is 4. The molecule has 1 unspecified atom stereocenters. The van der Waals surface area contributed by atoms with Crippen LogP contribution in [0.2, 0.25) is 0 Å². The van der Waals surface area contributed by atoms with Gasteiger partial charge in [-0.15, -0.1) is 12.4 Å². The van der Waals surface area contributed by atoms with E-state index in [-0.39, 0.29) is 19.0 Å². The first-order valence-electron chi connectivity index (χ1n) is 8.61. The second-order valence-corrected chi connectivity index (χ2v) is 6.39. The number of fused-ring (bicyclic) bond motifs is 1. The third-order valence-electron chi connectivity index (χ3n) is 4.52. The summed E-state index contributed by atoms with van der Waals surface area (Å²) in [5, 5.41) is 23.6. The van der Waals surface area contributed by atoms with Gasteiger partial charge < -0.3 is 20.3 Å². The standard InChI is InChI=1S/C20H25NO3.ClH/c22-17(14-24-18-8-2-1-3-9-18)13-21-16-7-5-10-19-15(12-16)6-4-11-20(19)23;/h1-4,6,8-9,11,16-17,21-23H,5,7,10,12-14H2;1H/t16?,17-;/m0./s1. The summed E-state index contributed by atoms with van der Waals surface area (Å²) >= 11 is 0. The van der Waals surface area contributed by atoms with E-state index < -0.39 is 6.10 Å². The van der Waals surface area contributed by atoms with Crippen LogP contribution in [0.25, 0.3) is 0 Å². The van der Waals surface area contributed by atoms with Crippen molar-refractivity contribution < 1.29 is 14.9 Å². The van der Waals surface area contributed by atoms with E-state index >= 15 is 0 Å². The number of rotatable bonds is 6. The number of nitrogens with one attached hydrogen (secondary N) is 1. The molecule has 0 aromatic heterocycles. The average molecular weight is 364 g/mol. The molecule has 3 rings (SSSR count). The predicted octanol–water partition coefficient (Wildman–Crippen LogP) is 3.09. The molecule has 0 heterocycles. The number of aromatic hydroxyl groups is 1. The molecule has 136 valence electrons. The Morgan fingerprint density at radius 3 is 2.72 bits per heavy atom. The van der Waals surface area contributed by atoms with Gasteiger partial charge in [-0.3, -0.25) is 0 Å². The quantitative estimate of drug-likeness (QED) is 0.690. The van der Waals surface area contributed by atoms with Gasteiger partial charge in [-0.2, -0.15) is 0 Å². The molecule has 0 bridgehead atoms. The van der Waals surface area contributed by atoms with E-state index in [1.54, 1.807) is 6.07 Å². The van der Waals surface area contributed by atoms with Gasteiger partial charge in [-0.05, 0) is 55.0 Å². The lowest BCUT2D eigenvalue weighted by Gasteiger charge is -2.20. The zero-order chi connectivity index (χ0) is 16.8. The van der Waals surface area contributed by atoms with Gasteiger partial charge in [0.05, 0.1) is 0 Å². The summed E-state index contributed by atoms with van der Waals surface area (Å²) < 4.78 is 5.58. The van der Waals surface area contributed by atoms with Crippen molar-refractivity contribution in [3.63, 3.8) is 0 Å². The molecule has 2 aromatic carbocycles. The molecular formula is C20H26ClNO3. The van der Waals surface area contributed by atoms with Crippen LogP contribution in [-0.2, 0) is 12.8 Å². The van der Waals surface area contributed by atoms with Gasteiger partial charge >= 0.3 is 0 Å². The highest BCUT2D eigenvalue weighted by atomic mass is 35.5. The van der Waals surface area contributed by atoms with Crippen LogP contribution in [0.5, 0.6) is 11.5 Å². The van der Waals surface area contributed by atoms with Gasteiger partial charge in [0.2, 0.25) is 0 Å². The summed E-state index contributed by atoms with van der Waals surface area (Å²) in [6.07, 6.45) is 3.34. The number of aliphatic hydroxyl groups is 1. The smallest absolute Gasteiger partial charge is 0.119 e. The monoisotopic (exact) mass is 363 g/mol. The SMILES string of the molecule is Cl.Oc1cccc2c1CCCC(NC[C@H](O)COc1ccccc1)C2. The maximum atomic E-state index is 10.1. The van der Waals surface area contributed by atoms with Crippen molar-refractivity contribution in [3.8, 4) is 11.5 Å². The third kappa shape index (κ3) is 5.63. The molecule has 5 heteroatoms. The Balaban J connectivity index is 0.00000225. The predicted molar refractivity (Wildman–Crippen MR) is 102 cm³/mol. The first-order chi connectivity index (χ1) is 11.7. The topological polar surface area (TPSA) is 61.7 Å². The van der Waals surface area contributed by atoms with Crippen LogP contribution < -0.4 is 10.1 Å². The summed E-state index contributed by atoms with van der Waals surface area (Å²) in [5.74, 6) is 1.18. The van der Waals surface area contributed by atoms with Crippen LogP contribution in [-0.4, -0.2) is 35.5 Å².